The van der Waals surface area contributed by atoms with Crippen LogP contribution in [0.3, 0.4) is 0 Å². The molecule has 3 rings (SSSR count). The Morgan fingerprint density at radius 3 is 2.46 bits per heavy atom. The van der Waals surface area contributed by atoms with Crippen molar-refractivity contribution in [3.63, 3.8) is 0 Å². The standard InChI is InChI=1S/C19H22N2O3/c1-24-16-8-6-14(7-9-16)19(23)20-17-4-2-3-5-18(17)21-12-10-15(22)11-13-21/h2-9,15,22H,10-13H2,1H3,(H,20,23). The molecule has 0 spiro atoms. The van der Waals surface area contributed by atoms with Crippen molar-refractivity contribution in [3.05, 3.63) is 54.1 Å². The molecule has 2 aromatic carbocycles. The number of carbonyl (C=O) groups is 1. The predicted octanol–water partition coefficient (Wildman–Crippen LogP) is 2.91. The second kappa shape index (κ2) is 7.36. The Hall–Kier alpha value is -2.53. The lowest BCUT2D eigenvalue weighted by Gasteiger charge is -2.32. The maximum atomic E-state index is 12.5. The lowest BCUT2D eigenvalue weighted by molar-refractivity contribution is 0.102. The average Bonchev–Trinajstić information content (AvgIpc) is 2.63. The Labute approximate surface area is 141 Å². The van der Waals surface area contributed by atoms with Crippen molar-refractivity contribution >= 4 is 17.3 Å². The molecule has 0 bridgehead atoms. The molecule has 126 valence electrons. The third-order valence-electron chi connectivity index (χ3n) is 4.31. The van der Waals surface area contributed by atoms with E-state index in [9.17, 15) is 9.90 Å². The first kappa shape index (κ1) is 16.3. The van der Waals surface area contributed by atoms with Crippen LogP contribution in [-0.2, 0) is 0 Å². The summed E-state index contributed by atoms with van der Waals surface area (Å²) in [4.78, 5) is 14.7. The Morgan fingerprint density at radius 2 is 1.79 bits per heavy atom. The molecule has 1 heterocycles. The highest BCUT2D eigenvalue weighted by atomic mass is 16.5. The summed E-state index contributed by atoms with van der Waals surface area (Å²) in [5.74, 6) is 0.570. The third kappa shape index (κ3) is 3.68. The zero-order valence-corrected chi connectivity index (χ0v) is 13.7. The summed E-state index contributed by atoms with van der Waals surface area (Å²) in [5.41, 5.74) is 2.36. The number of rotatable bonds is 4. The van der Waals surface area contributed by atoms with Crippen molar-refractivity contribution in [2.24, 2.45) is 0 Å². The van der Waals surface area contributed by atoms with Crippen molar-refractivity contribution in [3.8, 4) is 5.75 Å². The van der Waals surface area contributed by atoms with Crippen LogP contribution >= 0.6 is 0 Å². The van der Waals surface area contributed by atoms with Crippen LogP contribution in [0, 0.1) is 0 Å². The van der Waals surface area contributed by atoms with Crippen molar-refractivity contribution in [1.82, 2.24) is 0 Å². The fourth-order valence-corrected chi connectivity index (χ4v) is 2.90. The normalized spacial score (nSPS) is 15.2. The third-order valence-corrected chi connectivity index (χ3v) is 4.31. The molecule has 0 aliphatic carbocycles. The van der Waals surface area contributed by atoms with E-state index in [1.54, 1.807) is 31.4 Å². The van der Waals surface area contributed by atoms with Crippen molar-refractivity contribution in [1.29, 1.82) is 0 Å². The van der Waals surface area contributed by atoms with Crippen LogP contribution in [0.1, 0.15) is 23.2 Å². The van der Waals surface area contributed by atoms with Gasteiger partial charge in [-0.15, -0.1) is 0 Å². The highest BCUT2D eigenvalue weighted by Crippen LogP contribution is 2.28. The lowest BCUT2D eigenvalue weighted by atomic mass is 10.1. The average molecular weight is 326 g/mol. The van der Waals surface area contributed by atoms with Crippen LogP contribution in [-0.4, -0.2) is 37.3 Å². The highest BCUT2D eigenvalue weighted by molar-refractivity contribution is 6.06. The minimum atomic E-state index is -0.220. The zero-order chi connectivity index (χ0) is 16.9. The second-order valence-electron chi connectivity index (χ2n) is 5.92. The number of hydrogen-bond donors (Lipinski definition) is 2. The zero-order valence-electron chi connectivity index (χ0n) is 13.7. The quantitative estimate of drug-likeness (QED) is 0.907. The van der Waals surface area contributed by atoms with Gasteiger partial charge in [0.1, 0.15) is 5.75 Å². The van der Waals surface area contributed by atoms with E-state index in [1.165, 1.54) is 0 Å². The van der Waals surface area contributed by atoms with Crippen LogP contribution in [0.4, 0.5) is 11.4 Å². The number of anilines is 2. The van der Waals surface area contributed by atoms with Gasteiger partial charge in [-0.1, -0.05) is 12.1 Å². The van der Waals surface area contributed by atoms with Gasteiger partial charge in [-0.05, 0) is 49.2 Å². The molecule has 0 saturated carbocycles. The molecule has 2 aromatic rings. The van der Waals surface area contributed by atoms with Crippen molar-refractivity contribution in [2.75, 3.05) is 30.4 Å². The number of nitrogens with one attached hydrogen (secondary N) is 1. The first-order valence-electron chi connectivity index (χ1n) is 8.15. The molecule has 0 atom stereocenters. The predicted molar refractivity (Wildman–Crippen MR) is 94.8 cm³/mol. The molecule has 1 fully saturated rings. The van der Waals surface area contributed by atoms with E-state index in [2.05, 4.69) is 10.2 Å². The Morgan fingerprint density at radius 1 is 1.12 bits per heavy atom. The Kier molecular flexibility index (Phi) is 5.01. The number of methoxy groups -OCH3 is 1. The highest BCUT2D eigenvalue weighted by Gasteiger charge is 2.20. The van der Waals surface area contributed by atoms with Crippen LogP contribution in [0.25, 0.3) is 0 Å². The smallest absolute Gasteiger partial charge is 0.255 e. The molecular formula is C19H22N2O3. The minimum absolute atomic E-state index is 0.151. The number of ether oxygens (including phenoxy) is 1. The summed E-state index contributed by atoms with van der Waals surface area (Å²) >= 11 is 0. The van der Waals surface area contributed by atoms with Crippen molar-refractivity contribution in [2.45, 2.75) is 18.9 Å². The number of piperidine rings is 1. The van der Waals surface area contributed by atoms with Gasteiger partial charge in [0.05, 0.1) is 24.6 Å². The number of benzene rings is 2. The van der Waals surface area contributed by atoms with Crippen LogP contribution in [0.2, 0.25) is 0 Å². The number of aliphatic hydroxyl groups is 1. The largest absolute Gasteiger partial charge is 0.497 e. The molecule has 24 heavy (non-hydrogen) atoms. The molecule has 2 N–H and O–H groups in total. The van der Waals surface area contributed by atoms with Crippen LogP contribution in [0.15, 0.2) is 48.5 Å². The van der Waals surface area contributed by atoms with Gasteiger partial charge in [0.15, 0.2) is 0 Å². The first-order chi connectivity index (χ1) is 11.7. The van der Waals surface area contributed by atoms with E-state index in [1.807, 2.05) is 24.3 Å². The summed E-state index contributed by atoms with van der Waals surface area (Å²) in [6.07, 6.45) is 1.28. The van der Waals surface area contributed by atoms with E-state index in [0.29, 0.717) is 5.56 Å². The maximum Gasteiger partial charge on any atom is 0.255 e. The number of nitrogens with zero attached hydrogens (tertiary/aromatic N) is 1. The van der Waals surface area contributed by atoms with Gasteiger partial charge in [0.2, 0.25) is 0 Å². The van der Waals surface area contributed by atoms with Crippen LogP contribution < -0.4 is 15.0 Å². The topological polar surface area (TPSA) is 61.8 Å². The van der Waals surface area contributed by atoms with Gasteiger partial charge in [0, 0.05) is 18.7 Å². The molecule has 5 nitrogen and oxygen atoms in total. The molecule has 0 unspecified atom stereocenters. The van der Waals surface area contributed by atoms with Gasteiger partial charge < -0.3 is 20.1 Å². The number of hydrogen-bond acceptors (Lipinski definition) is 4. The molecule has 1 aliphatic rings. The summed E-state index contributed by atoms with van der Waals surface area (Å²) in [7, 11) is 1.60. The SMILES string of the molecule is COc1ccc(C(=O)Nc2ccccc2N2CCC(O)CC2)cc1. The summed E-state index contributed by atoms with van der Waals surface area (Å²) < 4.78 is 5.12. The molecular weight excluding hydrogens is 304 g/mol. The molecule has 0 aromatic heterocycles. The van der Waals surface area contributed by atoms with E-state index < -0.39 is 0 Å². The first-order valence-corrected chi connectivity index (χ1v) is 8.15. The number of amides is 1. The van der Waals surface area contributed by atoms with Gasteiger partial charge >= 0.3 is 0 Å². The number of aliphatic hydroxyl groups excluding tert-OH is 1. The van der Waals surface area contributed by atoms with Crippen molar-refractivity contribution < 1.29 is 14.6 Å². The van der Waals surface area contributed by atoms with E-state index in [4.69, 9.17) is 4.74 Å². The van der Waals surface area contributed by atoms with Gasteiger partial charge in [-0.2, -0.15) is 0 Å². The summed E-state index contributed by atoms with van der Waals surface area (Å²) in [6.45, 7) is 1.58. The molecule has 5 heteroatoms. The molecule has 0 radical (unpaired) electrons. The van der Waals surface area contributed by atoms with E-state index in [-0.39, 0.29) is 12.0 Å². The van der Waals surface area contributed by atoms with Gasteiger partial charge in [-0.25, -0.2) is 0 Å². The lowest BCUT2D eigenvalue weighted by Crippen LogP contribution is -2.36. The summed E-state index contributed by atoms with van der Waals surface area (Å²) in [6, 6.07) is 14.8. The monoisotopic (exact) mass is 326 g/mol. The Balaban J connectivity index is 1.75. The van der Waals surface area contributed by atoms with Gasteiger partial charge in [-0.3, -0.25) is 4.79 Å². The van der Waals surface area contributed by atoms with Gasteiger partial charge in [0.25, 0.3) is 5.91 Å². The fraction of sp³-hybridized carbons (Fsp3) is 0.316. The summed E-state index contributed by atoms with van der Waals surface area (Å²) in [5, 5.41) is 12.7. The number of para-hydroxylation sites is 2. The fourth-order valence-electron chi connectivity index (χ4n) is 2.90. The minimum Gasteiger partial charge on any atom is -0.497 e. The second-order valence-corrected chi connectivity index (χ2v) is 5.92. The molecule has 1 saturated heterocycles. The molecule has 1 aliphatic heterocycles. The van der Waals surface area contributed by atoms with E-state index in [0.717, 1.165) is 43.1 Å². The number of carbonyl (C=O) groups excluding carboxylic acids is 1. The molecule has 1 amide bonds. The Bertz CT molecular complexity index is 692. The van der Waals surface area contributed by atoms with Crippen LogP contribution in [0.5, 0.6) is 5.75 Å². The maximum absolute atomic E-state index is 12.5. The van der Waals surface area contributed by atoms with E-state index >= 15 is 0 Å².